The summed E-state index contributed by atoms with van der Waals surface area (Å²) < 4.78 is 26.5. The molecule has 0 atom stereocenters. The third-order valence-corrected chi connectivity index (χ3v) is 4.00. The van der Waals surface area contributed by atoms with Crippen LogP contribution in [-0.4, -0.2) is 40.4 Å². The van der Waals surface area contributed by atoms with Crippen LogP contribution in [0.1, 0.15) is 22.8 Å². The Balaban J connectivity index is 3.36. The molecule has 0 aromatic heterocycles. The molecule has 0 bridgehead atoms. The van der Waals surface area contributed by atoms with Gasteiger partial charge in [0.2, 0.25) is 0 Å². The molecule has 0 aliphatic rings. The Hall–Kier alpha value is -0.830. The van der Waals surface area contributed by atoms with Gasteiger partial charge in [-0.3, -0.25) is 0 Å². The van der Waals surface area contributed by atoms with E-state index < -0.39 is 5.97 Å². The number of halogens is 2. The van der Waals surface area contributed by atoms with Crippen molar-refractivity contribution in [3.8, 4) is 11.5 Å². The van der Waals surface area contributed by atoms with Gasteiger partial charge in [-0.2, -0.15) is 0 Å². The van der Waals surface area contributed by atoms with Gasteiger partial charge in [0, 0.05) is 25.6 Å². The second-order valence-corrected chi connectivity index (χ2v) is 5.35. The molecule has 0 saturated heterocycles. The topological polar surface area (TPSA) is 63.2 Å². The van der Waals surface area contributed by atoms with Crippen LogP contribution in [0, 0.1) is 0 Å². The van der Waals surface area contributed by atoms with Crippen LogP contribution in [-0.2, 0) is 19.5 Å². The highest BCUT2D eigenvalue weighted by molar-refractivity contribution is 9.11. The maximum Gasteiger partial charge on any atom is 0.342 e. The van der Waals surface area contributed by atoms with Crippen LogP contribution in [0.3, 0.4) is 0 Å². The van der Waals surface area contributed by atoms with Gasteiger partial charge in [-0.05, 0) is 28.4 Å². The van der Waals surface area contributed by atoms with Crippen LogP contribution in [0.5, 0.6) is 11.5 Å². The summed E-state index contributed by atoms with van der Waals surface area (Å²) in [4.78, 5) is 12.2. The van der Waals surface area contributed by atoms with Gasteiger partial charge in [-0.25, -0.2) is 4.79 Å². The van der Waals surface area contributed by atoms with Gasteiger partial charge in [0.1, 0.15) is 17.1 Å². The van der Waals surface area contributed by atoms with E-state index in [1.807, 2.05) is 0 Å². The van der Waals surface area contributed by atoms with Gasteiger partial charge < -0.3 is 23.7 Å². The molecule has 1 aromatic rings. The summed E-state index contributed by atoms with van der Waals surface area (Å²) in [5, 5.41) is 0.412. The molecular formula is C14H18Br2O6. The number of esters is 1. The minimum Gasteiger partial charge on any atom is -0.467 e. The van der Waals surface area contributed by atoms with Crippen LogP contribution < -0.4 is 9.47 Å². The summed E-state index contributed by atoms with van der Waals surface area (Å²) >= 11 is 6.81. The molecule has 0 saturated carbocycles. The Kier molecular flexibility index (Phi) is 8.77. The zero-order chi connectivity index (χ0) is 16.5. The smallest absolute Gasteiger partial charge is 0.342 e. The lowest BCUT2D eigenvalue weighted by Crippen LogP contribution is -2.13. The molecular weight excluding hydrogens is 424 g/mol. The summed E-state index contributed by atoms with van der Waals surface area (Å²) in [5.41, 5.74) is 0.991. The van der Waals surface area contributed by atoms with Crippen molar-refractivity contribution in [1.29, 1.82) is 0 Å². The standard InChI is InChI=1S/C14H18Br2O6/c1-4-20-14(17)12-9(6-15)13(16)11(22-8-19-3)5-10(12)21-7-18-2/h5H,4,6-8H2,1-3H3. The summed E-state index contributed by atoms with van der Waals surface area (Å²) in [5.74, 6) is 0.349. The van der Waals surface area contributed by atoms with Crippen molar-refractivity contribution < 1.29 is 28.5 Å². The van der Waals surface area contributed by atoms with E-state index in [-0.39, 0.29) is 20.2 Å². The van der Waals surface area contributed by atoms with E-state index in [1.54, 1.807) is 13.0 Å². The van der Waals surface area contributed by atoms with Gasteiger partial charge in [-0.1, -0.05) is 15.9 Å². The highest BCUT2D eigenvalue weighted by Gasteiger charge is 2.24. The van der Waals surface area contributed by atoms with E-state index in [1.165, 1.54) is 14.2 Å². The lowest BCUT2D eigenvalue weighted by atomic mass is 10.1. The van der Waals surface area contributed by atoms with E-state index in [0.29, 0.717) is 32.4 Å². The molecule has 22 heavy (non-hydrogen) atoms. The molecule has 0 heterocycles. The minimum atomic E-state index is -0.470. The Morgan fingerprint density at radius 1 is 1.14 bits per heavy atom. The Labute approximate surface area is 146 Å². The molecule has 0 aliphatic carbocycles. The van der Waals surface area contributed by atoms with Gasteiger partial charge >= 0.3 is 5.97 Å². The minimum absolute atomic E-state index is 0.000515. The number of hydrogen-bond donors (Lipinski definition) is 0. The SMILES string of the molecule is CCOC(=O)c1c(OCOC)cc(OCOC)c(Br)c1CBr. The van der Waals surface area contributed by atoms with Crippen LogP contribution in [0.2, 0.25) is 0 Å². The molecule has 0 aliphatic heterocycles. The largest absolute Gasteiger partial charge is 0.467 e. The quantitative estimate of drug-likeness (QED) is 0.332. The average Bonchev–Trinajstić information content (AvgIpc) is 2.51. The lowest BCUT2D eigenvalue weighted by molar-refractivity contribution is 0.0414. The molecule has 1 aromatic carbocycles. The second-order valence-electron chi connectivity index (χ2n) is 4.00. The fourth-order valence-corrected chi connectivity index (χ4v) is 3.18. The lowest BCUT2D eigenvalue weighted by Gasteiger charge is -2.18. The predicted octanol–water partition coefficient (Wildman–Crippen LogP) is 3.49. The fraction of sp³-hybridized carbons (Fsp3) is 0.500. The van der Waals surface area contributed by atoms with E-state index >= 15 is 0 Å². The number of carbonyl (C=O) groups is 1. The number of rotatable bonds is 9. The van der Waals surface area contributed by atoms with Crippen molar-refractivity contribution in [2.45, 2.75) is 12.3 Å². The molecule has 124 valence electrons. The Morgan fingerprint density at radius 3 is 2.23 bits per heavy atom. The first kappa shape index (κ1) is 19.2. The van der Waals surface area contributed by atoms with Crippen LogP contribution in [0.4, 0.5) is 0 Å². The highest BCUT2D eigenvalue weighted by Crippen LogP contribution is 2.39. The zero-order valence-electron chi connectivity index (χ0n) is 12.6. The molecule has 1 rings (SSSR count). The van der Waals surface area contributed by atoms with E-state index in [2.05, 4.69) is 31.9 Å². The van der Waals surface area contributed by atoms with Gasteiger partial charge in [0.25, 0.3) is 0 Å². The maximum absolute atomic E-state index is 12.2. The van der Waals surface area contributed by atoms with Crippen LogP contribution >= 0.6 is 31.9 Å². The van der Waals surface area contributed by atoms with Crippen molar-refractivity contribution in [3.63, 3.8) is 0 Å². The molecule has 0 unspecified atom stereocenters. The molecule has 0 spiro atoms. The van der Waals surface area contributed by atoms with E-state index in [4.69, 9.17) is 23.7 Å². The number of carbonyl (C=O) groups excluding carboxylic acids is 1. The van der Waals surface area contributed by atoms with Gasteiger partial charge in [0.15, 0.2) is 13.6 Å². The van der Waals surface area contributed by atoms with Crippen molar-refractivity contribution in [3.05, 3.63) is 21.7 Å². The van der Waals surface area contributed by atoms with E-state index in [9.17, 15) is 4.79 Å². The summed E-state index contributed by atoms with van der Waals surface area (Å²) in [6.07, 6.45) is 0. The zero-order valence-corrected chi connectivity index (χ0v) is 15.8. The normalized spacial score (nSPS) is 10.4. The summed E-state index contributed by atoms with van der Waals surface area (Å²) in [6, 6.07) is 1.60. The maximum atomic E-state index is 12.2. The molecule has 6 nitrogen and oxygen atoms in total. The number of benzene rings is 1. The first-order valence-corrected chi connectivity index (χ1v) is 8.34. The molecule has 0 amide bonds. The average molecular weight is 442 g/mol. The molecule has 0 N–H and O–H groups in total. The number of methoxy groups -OCH3 is 2. The van der Waals surface area contributed by atoms with Crippen molar-refractivity contribution in [2.24, 2.45) is 0 Å². The summed E-state index contributed by atoms with van der Waals surface area (Å²) in [7, 11) is 3.02. The Bertz CT molecular complexity index is 507. The first-order chi connectivity index (χ1) is 10.6. The predicted molar refractivity (Wildman–Crippen MR) is 87.7 cm³/mol. The molecule has 0 fully saturated rings. The molecule has 8 heteroatoms. The fourth-order valence-electron chi connectivity index (χ4n) is 1.68. The van der Waals surface area contributed by atoms with Crippen molar-refractivity contribution in [1.82, 2.24) is 0 Å². The van der Waals surface area contributed by atoms with Crippen molar-refractivity contribution in [2.75, 3.05) is 34.4 Å². The third-order valence-electron chi connectivity index (χ3n) is 2.57. The van der Waals surface area contributed by atoms with Crippen LogP contribution in [0.15, 0.2) is 10.5 Å². The van der Waals surface area contributed by atoms with Crippen LogP contribution in [0.25, 0.3) is 0 Å². The third kappa shape index (κ3) is 4.84. The number of ether oxygens (including phenoxy) is 5. The van der Waals surface area contributed by atoms with Gasteiger partial charge in [-0.15, -0.1) is 0 Å². The second kappa shape index (κ2) is 10.0. The first-order valence-electron chi connectivity index (χ1n) is 6.42. The highest BCUT2D eigenvalue weighted by atomic mass is 79.9. The van der Waals surface area contributed by atoms with Crippen molar-refractivity contribution >= 4 is 37.8 Å². The monoisotopic (exact) mass is 440 g/mol. The Morgan fingerprint density at radius 2 is 1.73 bits per heavy atom. The number of hydrogen-bond acceptors (Lipinski definition) is 6. The summed E-state index contributed by atoms with van der Waals surface area (Å²) in [6.45, 7) is 2.08. The number of alkyl halides is 1. The van der Waals surface area contributed by atoms with Gasteiger partial charge in [0.05, 0.1) is 11.1 Å². The van der Waals surface area contributed by atoms with E-state index in [0.717, 1.165) is 0 Å². The molecule has 0 radical (unpaired) electrons.